The maximum absolute atomic E-state index is 12.7. The average molecular weight is 308 g/mol. The van der Waals surface area contributed by atoms with Crippen molar-refractivity contribution in [1.29, 1.82) is 0 Å². The molecule has 1 unspecified atom stereocenters. The summed E-state index contributed by atoms with van der Waals surface area (Å²) in [5.74, 6) is -0.392. The highest BCUT2D eigenvalue weighted by Crippen LogP contribution is 2.26. The fraction of sp³-hybridized carbons (Fsp3) is 0.533. The van der Waals surface area contributed by atoms with Gasteiger partial charge < -0.3 is 4.74 Å². The summed E-state index contributed by atoms with van der Waals surface area (Å²) in [7, 11) is 1.35. The van der Waals surface area contributed by atoms with Crippen LogP contribution in [0.4, 0.5) is 0 Å². The van der Waals surface area contributed by atoms with Crippen molar-refractivity contribution in [3.05, 3.63) is 27.1 Å². The molecule has 0 saturated heterocycles. The van der Waals surface area contributed by atoms with Crippen LogP contribution in [0.1, 0.15) is 42.7 Å². The number of thiophene rings is 1. The molecule has 0 radical (unpaired) electrons. The van der Waals surface area contributed by atoms with Gasteiger partial charge in [-0.2, -0.15) is 0 Å². The SMILES string of the molecule is CCCCC(C(=O)OC)n1cnc2sc(C)c(C)c2c1=O. The van der Waals surface area contributed by atoms with Crippen molar-refractivity contribution < 1.29 is 9.53 Å². The molecule has 0 saturated carbocycles. The van der Waals surface area contributed by atoms with Gasteiger partial charge in [0.15, 0.2) is 0 Å². The Bertz CT molecular complexity index is 718. The number of carbonyl (C=O) groups excluding carboxylic acids is 1. The van der Waals surface area contributed by atoms with Gasteiger partial charge in [-0.15, -0.1) is 11.3 Å². The Labute approximate surface area is 127 Å². The Morgan fingerprint density at radius 3 is 2.81 bits per heavy atom. The summed E-state index contributed by atoms with van der Waals surface area (Å²) >= 11 is 1.50. The summed E-state index contributed by atoms with van der Waals surface area (Å²) in [5.41, 5.74) is 0.786. The smallest absolute Gasteiger partial charge is 0.329 e. The fourth-order valence-corrected chi connectivity index (χ4v) is 3.36. The number of rotatable bonds is 5. The van der Waals surface area contributed by atoms with Crippen molar-refractivity contribution in [2.24, 2.45) is 0 Å². The Balaban J connectivity index is 2.57. The molecule has 2 rings (SSSR count). The molecule has 6 heteroatoms. The second-order valence-corrected chi connectivity index (χ2v) is 6.30. The summed E-state index contributed by atoms with van der Waals surface area (Å²) in [6.07, 6.45) is 3.86. The molecule has 0 amide bonds. The molecule has 114 valence electrons. The number of hydrogen-bond acceptors (Lipinski definition) is 5. The number of hydrogen-bond donors (Lipinski definition) is 0. The minimum absolute atomic E-state index is 0.159. The average Bonchev–Trinajstić information content (AvgIpc) is 2.76. The predicted octanol–water partition coefficient (Wildman–Crippen LogP) is 2.98. The zero-order valence-corrected chi connectivity index (χ0v) is 13.6. The van der Waals surface area contributed by atoms with Crippen LogP contribution in [-0.2, 0) is 9.53 Å². The van der Waals surface area contributed by atoms with Crippen molar-refractivity contribution in [3.8, 4) is 0 Å². The van der Waals surface area contributed by atoms with Gasteiger partial charge in [-0.1, -0.05) is 19.8 Å². The summed E-state index contributed by atoms with van der Waals surface area (Å²) in [5, 5.41) is 0.616. The molecule has 2 heterocycles. The minimum atomic E-state index is -0.598. The quantitative estimate of drug-likeness (QED) is 0.797. The number of nitrogens with zero attached hydrogens (tertiary/aromatic N) is 2. The second kappa shape index (κ2) is 6.39. The maximum Gasteiger partial charge on any atom is 0.329 e. The van der Waals surface area contributed by atoms with Gasteiger partial charge in [-0.25, -0.2) is 9.78 Å². The highest BCUT2D eigenvalue weighted by molar-refractivity contribution is 7.18. The molecule has 0 aliphatic heterocycles. The third kappa shape index (κ3) is 2.85. The highest BCUT2D eigenvalue weighted by Gasteiger charge is 2.24. The normalized spacial score (nSPS) is 12.6. The van der Waals surface area contributed by atoms with E-state index in [0.717, 1.165) is 28.1 Å². The first-order chi connectivity index (χ1) is 10.0. The summed E-state index contributed by atoms with van der Waals surface area (Å²) in [6.45, 7) is 5.94. The lowest BCUT2D eigenvalue weighted by Gasteiger charge is -2.16. The monoisotopic (exact) mass is 308 g/mol. The third-order valence-corrected chi connectivity index (χ3v) is 4.87. The molecule has 0 aliphatic rings. The van der Waals surface area contributed by atoms with E-state index in [1.54, 1.807) is 0 Å². The van der Waals surface area contributed by atoms with Crippen molar-refractivity contribution >= 4 is 27.5 Å². The second-order valence-electron chi connectivity index (χ2n) is 5.10. The molecule has 0 spiro atoms. The largest absolute Gasteiger partial charge is 0.467 e. The first kappa shape index (κ1) is 15.7. The lowest BCUT2D eigenvalue weighted by molar-refractivity contribution is -0.145. The Morgan fingerprint density at radius 2 is 2.19 bits per heavy atom. The Hall–Kier alpha value is -1.69. The van der Waals surface area contributed by atoms with Crippen LogP contribution in [0, 0.1) is 13.8 Å². The van der Waals surface area contributed by atoms with E-state index in [2.05, 4.69) is 4.98 Å². The standard InChI is InChI=1S/C15H20N2O3S/c1-5-6-7-11(15(19)20-4)17-8-16-13-12(14(17)18)9(2)10(3)21-13/h8,11H,5-7H2,1-4H3. The lowest BCUT2D eigenvalue weighted by atomic mass is 10.1. The van der Waals surface area contributed by atoms with E-state index < -0.39 is 12.0 Å². The summed E-state index contributed by atoms with van der Waals surface area (Å²) < 4.78 is 6.26. The van der Waals surface area contributed by atoms with E-state index in [1.165, 1.54) is 29.3 Å². The van der Waals surface area contributed by atoms with Crippen molar-refractivity contribution in [2.75, 3.05) is 7.11 Å². The van der Waals surface area contributed by atoms with E-state index in [0.29, 0.717) is 11.8 Å². The van der Waals surface area contributed by atoms with E-state index >= 15 is 0 Å². The molecule has 5 nitrogen and oxygen atoms in total. The maximum atomic E-state index is 12.7. The number of esters is 1. The summed E-state index contributed by atoms with van der Waals surface area (Å²) in [6, 6.07) is -0.598. The van der Waals surface area contributed by atoms with Crippen molar-refractivity contribution in [1.82, 2.24) is 9.55 Å². The minimum Gasteiger partial charge on any atom is -0.467 e. The van der Waals surface area contributed by atoms with Crippen LogP contribution < -0.4 is 5.56 Å². The van der Waals surface area contributed by atoms with Gasteiger partial charge in [0, 0.05) is 4.88 Å². The molecule has 0 fully saturated rings. The molecule has 0 aliphatic carbocycles. The molecule has 2 aromatic heterocycles. The molecule has 2 aromatic rings. The van der Waals surface area contributed by atoms with Crippen LogP contribution in [0.3, 0.4) is 0 Å². The number of ether oxygens (including phenoxy) is 1. The third-order valence-electron chi connectivity index (χ3n) is 3.75. The molecular formula is C15H20N2O3S. The van der Waals surface area contributed by atoms with Crippen LogP contribution in [-0.4, -0.2) is 22.6 Å². The first-order valence-electron chi connectivity index (χ1n) is 7.05. The van der Waals surface area contributed by atoms with Crippen molar-refractivity contribution in [2.45, 2.75) is 46.1 Å². The number of unbranched alkanes of at least 4 members (excludes halogenated alkanes) is 1. The van der Waals surface area contributed by atoms with Gasteiger partial charge in [0.2, 0.25) is 0 Å². The van der Waals surface area contributed by atoms with Crippen molar-refractivity contribution in [3.63, 3.8) is 0 Å². The Morgan fingerprint density at radius 1 is 1.48 bits per heavy atom. The van der Waals surface area contributed by atoms with Gasteiger partial charge in [0.1, 0.15) is 10.9 Å². The van der Waals surface area contributed by atoms with Gasteiger partial charge >= 0.3 is 5.97 Å². The number of aromatic nitrogens is 2. The van der Waals surface area contributed by atoms with Gasteiger partial charge in [-0.05, 0) is 25.8 Å². The van der Waals surface area contributed by atoms with Crippen LogP contribution in [0.15, 0.2) is 11.1 Å². The van der Waals surface area contributed by atoms with E-state index in [1.807, 2.05) is 20.8 Å². The Kier molecular flexibility index (Phi) is 4.77. The molecule has 0 N–H and O–H groups in total. The van der Waals surface area contributed by atoms with Crippen LogP contribution >= 0.6 is 11.3 Å². The summed E-state index contributed by atoms with van der Waals surface area (Å²) in [4.78, 5) is 30.8. The van der Waals surface area contributed by atoms with E-state index in [-0.39, 0.29) is 5.56 Å². The van der Waals surface area contributed by atoms with Crippen LogP contribution in [0.25, 0.3) is 10.2 Å². The lowest BCUT2D eigenvalue weighted by Crippen LogP contribution is -2.31. The number of methoxy groups -OCH3 is 1. The van der Waals surface area contributed by atoms with Crippen LogP contribution in [0.2, 0.25) is 0 Å². The predicted molar refractivity (Wildman–Crippen MR) is 83.9 cm³/mol. The van der Waals surface area contributed by atoms with Gasteiger partial charge in [0.05, 0.1) is 18.8 Å². The zero-order valence-electron chi connectivity index (χ0n) is 12.8. The number of carbonyl (C=O) groups is 1. The molecular weight excluding hydrogens is 288 g/mol. The fourth-order valence-electron chi connectivity index (χ4n) is 2.37. The zero-order chi connectivity index (χ0) is 15.6. The number of fused-ring (bicyclic) bond motifs is 1. The molecule has 0 aromatic carbocycles. The van der Waals surface area contributed by atoms with Gasteiger partial charge in [0.25, 0.3) is 5.56 Å². The van der Waals surface area contributed by atoms with Crippen LogP contribution in [0.5, 0.6) is 0 Å². The van der Waals surface area contributed by atoms with E-state index in [9.17, 15) is 9.59 Å². The topological polar surface area (TPSA) is 61.2 Å². The highest BCUT2D eigenvalue weighted by atomic mass is 32.1. The van der Waals surface area contributed by atoms with E-state index in [4.69, 9.17) is 4.74 Å². The number of aryl methyl sites for hydroxylation is 2. The first-order valence-corrected chi connectivity index (χ1v) is 7.87. The molecule has 0 bridgehead atoms. The molecule has 1 atom stereocenters. The molecule has 21 heavy (non-hydrogen) atoms. The van der Waals surface area contributed by atoms with Gasteiger partial charge in [-0.3, -0.25) is 9.36 Å².